The molecule has 0 unspecified atom stereocenters. The Hall–Kier alpha value is -0.800. The molecule has 0 N–H and O–H groups in total. The molecule has 2 nitrogen and oxygen atoms in total. The Morgan fingerprint density at radius 3 is 2.81 bits per heavy atom. The van der Waals surface area contributed by atoms with Crippen molar-refractivity contribution in [2.24, 2.45) is 5.92 Å². The molecular weight excluding hydrogens is 231 g/mol. The van der Waals surface area contributed by atoms with E-state index in [1.807, 2.05) is 0 Å². The molecule has 0 heterocycles. The Kier molecular flexibility index (Phi) is 4.02. The average Bonchev–Trinajstić information content (AvgIpc) is 3.10. The van der Waals surface area contributed by atoms with Crippen molar-refractivity contribution in [2.75, 3.05) is 13.4 Å². The largest absolute Gasteiger partial charge is 0.464 e. The summed E-state index contributed by atoms with van der Waals surface area (Å²) in [6.07, 6.45) is 2.47. The van der Waals surface area contributed by atoms with E-state index in [-0.39, 0.29) is 12.5 Å². The number of halogens is 2. The maximum absolute atomic E-state index is 13.4. The van der Waals surface area contributed by atoms with Crippen molar-refractivity contribution in [1.82, 2.24) is 0 Å². The highest BCUT2D eigenvalue weighted by atomic mass is 35.5. The van der Waals surface area contributed by atoms with Gasteiger partial charge in [0.25, 0.3) is 0 Å². The van der Waals surface area contributed by atoms with Crippen LogP contribution in [0.4, 0.5) is 4.39 Å². The van der Waals surface area contributed by atoms with Crippen LogP contribution in [-0.2, 0) is 10.6 Å². The number of rotatable bonds is 6. The topological polar surface area (TPSA) is 18.5 Å². The summed E-state index contributed by atoms with van der Waals surface area (Å²) < 4.78 is 23.8. The van der Waals surface area contributed by atoms with Crippen molar-refractivity contribution in [3.63, 3.8) is 0 Å². The van der Waals surface area contributed by atoms with Gasteiger partial charge in [-0.1, -0.05) is 6.07 Å². The van der Waals surface area contributed by atoms with E-state index in [0.29, 0.717) is 18.4 Å². The van der Waals surface area contributed by atoms with Gasteiger partial charge in [-0.25, -0.2) is 4.39 Å². The molecule has 16 heavy (non-hydrogen) atoms. The standard InChI is InChI=1S/C12H14ClFO2/c13-6-10-3-4-12(11(14)5-10)16-8-15-7-9-1-2-9/h3-5,9H,1-2,6-8H2. The predicted molar refractivity (Wildman–Crippen MR) is 60.1 cm³/mol. The maximum Gasteiger partial charge on any atom is 0.189 e. The van der Waals surface area contributed by atoms with Gasteiger partial charge in [0.1, 0.15) is 0 Å². The van der Waals surface area contributed by atoms with E-state index in [9.17, 15) is 4.39 Å². The van der Waals surface area contributed by atoms with Gasteiger partial charge in [-0.2, -0.15) is 0 Å². The first-order valence-corrected chi connectivity index (χ1v) is 5.88. The SMILES string of the molecule is Fc1cc(CCl)ccc1OCOCC1CC1. The number of hydrogen-bond acceptors (Lipinski definition) is 2. The highest BCUT2D eigenvalue weighted by molar-refractivity contribution is 6.17. The zero-order valence-electron chi connectivity index (χ0n) is 8.92. The van der Waals surface area contributed by atoms with E-state index in [2.05, 4.69) is 0 Å². The molecule has 4 heteroatoms. The summed E-state index contributed by atoms with van der Waals surface area (Å²) in [5.41, 5.74) is 0.741. The fourth-order valence-corrected chi connectivity index (χ4v) is 1.52. The molecule has 0 saturated heterocycles. The molecule has 1 fully saturated rings. The smallest absolute Gasteiger partial charge is 0.189 e. The second kappa shape index (κ2) is 5.51. The minimum Gasteiger partial charge on any atom is -0.464 e. The van der Waals surface area contributed by atoms with Gasteiger partial charge in [0.15, 0.2) is 18.4 Å². The van der Waals surface area contributed by atoms with E-state index in [1.54, 1.807) is 12.1 Å². The molecule has 88 valence electrons. The zero-order valence-corrected chi connectivity index (χ0v) is 9.67. The summed E-state index contributed by atoms with van der Waals surface area (Å²) in [5.74, 6) is 0.806. The molecule has 1 aliphatic rings. The second-order valence-corrected chi connectivity index (χ2v) is 4.24. The van der Waals surface area contributed by atoms with E-state index >= 15 is 0 Å². The minimum absolute atomic E-state index is 0.105. The highest BCUT2D eigenvalue weighted by Gasteiger charge is 2.21. The molecule has 0 amide bonds. The van der Waals surface area contributed by atoms with Gasteiger partial charge in [0.05, 0.1) is 6.61 Å². The van der Waals surface area contributed by atoms with Crippen LogP contribution in [0.1, 0.15) is 18.4 Å². The van der Waals surface area contributed by atoms with Crippen molar-refractivity contribution in [1.29, 1.82) is 0 Å². The molecule has 1 aromatic rings. The monoisotopic (exact) mass is 244 g/mol. The molecule has 0 spiro atoms. The lowest BCUT2D eigenvalue weighted by molar-refractivity contribution is 0.00792. The summed E-state index contributed by atoms with van der Waals surface area (Å²) in [7, 11) is 0. The fourth-order valence-electron chi connectivity index (χ4n) is 1.35. The van der Waals surface area contributed by atoms with Crippen LogP contribution in [0.2, 0.25) is 0 Å². The Morgan fingerprint density at radius 1 is 1.38 bits per heavy atom. The summed E-state index contributed by atoms with van der Waals surface area (Å²) in [6.45, 7) is 0.815. The van der Waals surface area contributed by atoms with Crippen molar-refractivity contribution < 1.29 is 13.9 Å². The third kappa shape index (κ3) is 3.35. The number of benzene rings is 1. The van der Waals surface area contributed by atoms with Gasteiger partial charge < -0.3 is 9.47 Å². The molecule has 0 atom stereocenters. The van der Waals surface area contributed by atoms with Gasteiger partial charge in [0, 0.05) is 5.88 Å². The van der Waals surface area contributed by atoms with Crippen LogP contribution in [0.3, 0.4) is 0 Å². The van der Waals surface area contributed by atoms with E-state index < -0.39 is 5.82 Å². The molecule has 0 bridgehead atoms. The van der Waals surface area contributed by atoms with Crippen molar-refractivity contribution >= 4 is 11.6 Å². The molecule has 1 saturated carbocycles. The summed E-state index contributed by atoms with van der Waals surface area (Å²) >= 11 is 5.59. The predicted octanol–water partition coefficient (Wildman–Crippen LogP) is 3.33. The van der Waals surface area contributed by atoms with E-state index in [0.717, 1.165) is 5.56 Å². The van der Waals surface area contributed by atoms with E-state index in [1.165, 1.54) is 18.9 Å². The first kappa shape index (κ1) is 11.7. The summed E-state index contributed by atoms with van der Waals surface area (Å²) in [5, 5.41) is 0. The van der Waals surface area contributed by atoms with Crippen molar-refractivity contribution in [2.45, 2.75) is 18.7 Å². The molecule has 0 aliphatic heterocycles. The van der Waals surface area contributed by atoms with Crippen LogP contribution in [0.25, 0.3) is 0 Å². The average molecular weight is 245 g/mol. The van der Waals surface area contributed by atoms with Gasteiger partial charge in [-0.3, -0.25) is 0 Å². The first-order chi connectivity index (χ1) is 7.79. The number of ether oxygens (including phenoxy) is 2. The highest BCUT2D eigenvalue weighted by Crippen LogP contribution is 2.28. The Bertz CT molecular complexity index is 353. The molecular formula is C12H14ClFO2. The molecule has 0 radical (unpaired) electrons. The lowest BCUT2D eigenvalue weighted by Crippen LogP contribution is -2.06. The second-order valence-electron chi connectivity index (χ2n) is 3.97. The van der Waals surface area contributed by atoms with Crippen LogP contribution < -0.4 is 4.74 Å². The summed E-state index contributed by atoms with van der Waals surface area (Å²) in [4.78, 5) is 0. The Morgan fingerprint density at radius 2 is 2.19 bits per heavy atom. The number of alkyl halides is 1. The van der Waals surface area contributed by atoms with Crippen LogP contribution >= 0.6 is 11.6 Å². The van der Waals surface area contributed by atoms with Crippen LogP contribution in [0.5, 0.6) is 5.75 Å². The van der Waals surface area contributed by atoms with Gasteiger partial charge >= 0.3 is 0 Å². The van der Waals surface area contributed by atoms with Crippen LogP contribution in [-0.4, -0.2) is 13.4 Å². The number of hydrogen-bond donors (Lipinski definition) is 0. The van der Waals surface area contributed by atoms with Gasteiger partial charge in [-0.15, -0.1) is 11.6 Å². The first-order valence-electron chi connectivity index (χ1n) is 5.34. The minimum atomic E-state index is -0.395. The van der Waals surface area contributed by atoms with Gasteiger partial charge in [-0.05, 0) is 36.5 Å². The quantitative estimate of drug-likeness (QED) is 0.434. The maximum atomic E-state index is 13.4. The summed E-state index contributed by atoms with van der Waals surface area (Å²) in [6, 6.07) is 4.70. The fraction of sp³-hybridized carbons (Fsp3) is 0.500. The van der Waals surface area contributed by atoms with Crippen molar-refractivity contribution in [3.8, 4) is 5.75 Å². The van der Waals surface area contributed by atoms with Crippen molar-refractivity contribution in [3.05, 3.63) is 29.6 Å². The third-order valence-corrected chi connectivity index (χ3v) is 2.81. The lowest BCUT2D eigenvalue weighted by Gasteiger charge is -2.08. The van der Waals surface area contributed by atoms with Gasteiger partial charge in [0.2, 0.25) is 0 Å². The lowest BCUT2D eigenvalue weighted by atomic mass is 10.2. The molecule has 1 aliphatic carbocycles. The van der Waals surface area contributed by atoms with E-state index in [4.69, 9.17) is 21.1 Å². The Labute approximate surface area is 99.3 Å². The zero-order chi connectivity index (χ0) is 11.4. The molecule has 0 aromatic heterocycles. The van der Waals surface area contributed by atoms with Crippen LogP contribution in [0, 0.1) is 11.7 Å². The Balaban J connectivity index is 1.78. The van der Waals surface area contributed by atoms with Crippen LogP contribution in [0.15, 0.2) is 18.2 Å². The normalized spacial score (nSPS) is 15.1. The molecule has 2 rings (SSSR count). The molecule has 1 aromatic carbocycles. The third-order valence-electron chi connectivity index (χ3n) is 2.50.